The van der Waals surface area contributed by atoms with Gasteiger partial charge in [-0.05, 0) is 44.2 Å². The van der Waals surface area contributed by atoms with Crippen molar-refractivity contribution in [1.82, 2.24) is 20.0 Å². The highest BCUT2D eigenvalue weighted by Gasteiger charge is 2.30. The summed E-state index contributed by atoms with van der Waals surface area (Å²) >= 11 is 0. The van der Waals surface area contributed by atoms with Gasteiger partial charge in [-0.3, -0.25) is 9.48 Å². The van der Waals surface area contributed by atoms with Crippen LogP contribution in [0.25, 0.3) is 0 Å². The Morgan fingerprint density at radius 3 is 3.05 bits per heavy atom. The Balaban J connectivity index is 1.49. The Bertz CT molecular complexity index is 425. The van der Waals surface area contributed by atoms with E-state index < -0.39 is 0 Å². The predicted molar refractivity (Wildman–Crippen MR) is 77.2 cm³/mol. The molecule has 0 aromatic carbocycles. The standard InChI is InChI=1S/C15H24N4O/c20-15(6-11-19-10-3-8-17-19)18-9-2-4-13(12-18)14-5-1-7-16-14/h3,8,10,13-14,16H,1-2,4-7,9,11-12H2. The Kier molecular flexibility index (Phi) is 4.35. The molecule has 2 unspecified atom stereocenters. The average Bonchev–Trinajstić information content (AvgIpc) is 3.18. The van der Waals surface area contributed by atoms with Gasteiger partial charge < -0.3 is 10.2 Å². The van der Waals surface area contributed by atoms with Crippen LogP contribution in [-0.4, -0.2) is 46.3 Å². The van der Waals surface area contributed by atoms with Crippen molar-refractivity contribution in [2.45, 2.75) is 44.7 Å². The number of aryl methyl sites for hydroxylation is 1. The van der Waals surface area contributed by atoms with E-state index in [2.05, 4.69) is 15.3 Å². The number of amides is 1. The number of nitrogens with zero attached hydrogens (tertiary/aromatic N) is 3. The summed E-state index contributed by atoms with van der Waals surface area (Å²) < 4.78 is 1.83. The lowest BCUT2D eigenvalue weighted by Gasteiger charge is -2.36. The first-order chi connectivity index (χ1) is 9.83. The van der Waals surface area contributed by atoms with E-state index in [1.54, 1.807) is 6.20 Å². The second-order valence-corrected chi connectivity index (χ2v) is 5.96. The summed E-state index contributed by atoms with van der Waals surface area (Å²) in [7, 11) is 0. The molecule has 0 aliphatic carbocycles. The molecule has 3 rings (SSSR count). The molecular formula is C15H24N4O. The van der Waals surface area contributed by atoms with Crippen LogP contribution in [0.2, 0.25) is 0 Å². The predicted octanol–water partition coefficient (Wildman–Crippen LogP) is 1.26. The molecule has 1 amide bonds. The summed E-state index contributed by atoms with van der Waals surface area (Å²) in [6.07, 6.45) is 9.21. The van der Waals surface area contributed by atoms with Crippen molar-refractivity contribution in [3.05, 3.63) is 18.5 Å². The number of likely N-dealkylation sites (tertiary alicyclic amines) is 1. The Labute approximate surface area is 120 Å². The van der Waals surface area contributed by atoms with Crippen LogP contribution in [0.1, 0.15) is 32.1 Å². The third-order valence-corrected chi connectivity index (χ3v) is 4.59. The second-order valence-electron chi connectivity index (χ2n) is 5.96. The van der Waals surface area contributed by atoms with Crippen molar-refractivity contribution in [2.24, 2.45) is 5.92 Å². The van der Waals surface area contributed by atoms with Crippen LogP contribution in [0, 0.1) is 5.92 Å². The summed E-state index contributed by atoms with van der Waals surface area (Å²) in [6.45, 7) is 3.71. The summed E-state index contributed by atoms with van der Waals surface area (Å²) in [4.78, 5) is 14.4. The zero-order valence-corrected chi connectivity index (χ0v) is 12.0. The summed E-state index contributed by atoms with van der Waals surface area (Å²) in [5.74, 6) is 0.933. The number of hydrogen-bond donors (Lipinski definition) is 1. The van der Waals surface area contributed by atoms with Gasteiger partial charge in [0, 0.05) is 44.5 Å². The molecule has 0 saturated carbocycles. The number of carbonyl (C=O) groups excluding carboxylic acids is 1. The largest absolute Gasteiger partial charge is 0.342 e. The van der Waals surface area contributed by atoms with E-state index >= 15 is 0 Å². The zero-order chi connectivity index (χ0) is 13.8. The molecular weight excluding hydrogens is 252 g/mol. The molecule has 1 N–H and O–H groups in total. The third kappa shape index (κ3) is 3.20. The first kappa shape index (κ1) is 13.6. The molecule has 2 aliphatic rings. The number of piperidine rings is 1. The first-order valence-corrected chi connectivity index (χ1v) is 7.81. The minimum Gasteiger partial charge on any atom is -0.342 e. The third-order valence-electron chi connectivity index (χ3n) is 4.59. The Morgan fingerprint density at radius 1 is 1.35 bits per heavy atom. The van der Waals surface area contributed by atoms with E-state index in [1.165, 1.54) is 19.3 Å². The lowest BCUT2D eigenvalue weighted by atomic mass is 9.89. The number of nitrogens with one attached hydrogen (secondary N) is 1. The van der Waals surface area contributed by atoms with Crippen molar-refractivity contribution in [3.63, 3.8) is 0 Å². The smallest absolute Gasteiger partial charge is 0.224 e. The number of rotatable bonds is 4. The van der Waals surface area contributed by atoms with Gasteiger partial charge in [0.05, 0.1) is 0 Å². The van der Waals surface area contributed by atoms with E-state index in [0.29, 0.717) is 24.9 Å². The molecule has 0 radical (unpaired) electrons. The molecule has 2 fully saturated rings. The van der Waals surface area contributed by atoms with Crippen LogP contribution in [-0.2, 0) is 11.3 Å². The normalized spacial score (nSPS) is 26.9. The fraction of sp³-hybridized carbons (Fsp3) is 0.733. The molecule has 2 aliphatic heterocycles. The van der Waals surface area contributed by atoms with Gasteiger partial charge in [0.1, 0.15) is 0 Å². The van der Waals surface area contributed by atoms with Gasteiger partial charge in [-0.1, -0.05) is 0 Å². The van der Waals surface area contributed by atoms with Crippen LogP contribution in [0.15, 0.2) is 18.5 Å². The molecule has 2 saturated heterocycles. The maximum atomic E-state index is 12.3. The average molecular weight is 276 g/mol. The van der Waals surface area contributed by atoms with Gasteiger partial charge in [-0.2, -0.15) is 5.10 Å². The molecule has 0 spiro atoms. The fourth-order valence-corrected chi connectivity index (χ4v) is 3.48. The maximum Gasteiger partial charge on any atom is 0.224 e. The van der Waals surface area contributed by atoms with Gasteiger partial charge >= 0.3 is 0 Å². The van der Waals surface area contributed by atoms with Crippen molar-refractivity contribution < 1.29 is 4.79 Å². The molecule has 20 heavy (non-hydrogen) atoms. The lowest BCUT2D eigenvalue weighted by Crippen LogP contribution is -2.46. The quantitative estimate of drug-likeness (QED) is 0.901. The zero-order valence-electron chi connectivity index (χ0n) is 12.0. The highest BCUT2D eigenvalue weighted by atomic mass is 16.2. The van der Waals surface area contributed by atoms with E-state index in [1.807, 2.05) is 16.9 Å². The summed E-state index contributed by atoms with van der Waals surface area (Å²) in [5, 5.41) is 7.74. The van der Waals surface area contributed by atoms with Gasteiger partial charge in [0.2, 0.25) is 5.91 Å². The molecule has 1 aromatic rings. The number of hydrogen-bond acceptors (Lipinski definition) is 3. The minimum atomic E-state index is 0.281. The number of carbonyl (C=O) groups is 1. The van der Waals surface area contributed by atoms with Crippen LogP contribution >= 0.6 is 0 Å². The maximum absolute atomic E-state index is 12.3. The van der Waals surface area contributed by atoms with E-state index in [4.69, 9.17) is 0 Å². The Morgan fingerprint density at radius 2 is 2.30 bits per heavy atom. The van der Waals surface area contributed by atoms with E-state index in [0.717, 1.165) is 26.1 Å². The van der Waals surface area contributed by atoms with Crippen LogP contribution in [0.5, 0.6) is 0 Å². The van der Waals surface area contributed by atoms with Gasteiger partial charge in [0.15, 0.2) is 0 Å². The van der Waals surface area contributed by atoms with E-state index in [-0.39, 0.29) is 5.91 Å². The van der Waals surface area contributed by atoms with E-state index in [9.17, 15) is 4.79 Å². The van der Waals surface area contributed by atoms with Crippen LogP contribution < -0.4 is 5.32 Å². The van der Waals surface area contributed by atoms with Gasteiger partial charge in [0.25, 0.3) is 0 Å². The van der Waals surface area contributed by atoms with Gasteiger partial charge in [-0.25, -0.2) is 0 Å². The first-order valence-electron chi connectivity index (χ1n) is 7.81. The van der Waals surface area contributed by atoms with Crippen molar-refractivity contribution >= 4 is 5.91 Å². The SMILES string of the molecule is O=C(CCn1cccn1)N1CCCC(C2CCCN2)C1. The van der Waals surface area contributed by atoms with Crippen LogP contribution in [0.3, 0.4) is 0 Å². The monoisotopic (exact) mass is 276 g/mol. The molecule has 5 nitrogen and oxygen atoms in total. The fourth-order valence-electron chi connectivity index (χ4n) is 3.48. The van der Waals surface area contributed by atoms with Crippen molar-refractivity contribution in [3.8, 4) is 0 Å². The molecule has 0 bridgehead atoms. The topological polar surface area (TPSA) is 50.2 Å². The highest BCUT2D eigenvalue weighted by Crippen LogP contribution is 2.25. The van der Waals surface area contributed by atoms with Crippen molar-refractivity contribution in [2.75, 3.05) is 19.6 Å². The molecule has 110 valence electrons. The van der Waals surface area contributed by atoms with Crippen molar-refractivity contribution in [1.29, 1.82) is 0 Å². The molecule has 2 atom stereocenters. The minimum absolute atomic E-state index is 0.281. The summed E-state index contributed by atoms with van der Waals surface area (Å²) in [6, 6.07) is 2.53. The highest BCUT2D eigenvalue weighted by molar-refractivity contribution is 5.76. The van der Waals surface area contributed by atoms with Gasteiger partial charge in [-0.15, -0.1) is 0 Å². The molecule has 1 aromatic heterocycles. The van der Waals surface area contributed by atoms with Crippen LogP contribution in [0.4, 0.5) is 0 Å². The molecule has 5 heteroatoms. The summed E-state index contributed by atoms with van der Waals surface area (Å²) in [5.41, 5.74) is 0. The molecule has 3 heterocycles. The number of aromatic nitrogens is 2. The lowest BCUT2D eigenvalue weighted by molar-refractivity contribution is -0.133. The second kappa shape index (κ2) is 6.39. The Hall–Kier alpha value is -1.36.